The van der Waals surface area contributed by atoms with Crippen LogP contribution in [0.2, 0.25) is 0 Å². The van der Waals surface area contributed by atoms with E-state index in [1.165, 1.54) is 16.9 Å². The fraction of sp³-hybridized carbons (Fsp3) is 0.667. The summed E-state index contributed by atoms with van der Waals surface area (Å²) >= 11 is 0.870. The van der Waals surface area contributed by atoms with Crippen molar-refractivity contribution in [1.82, 2.24) is 9.29 Å². The van der Waals surface area contributed by atoms with Crippen molar-refractivity contribution in [3.05, 3.63) is 11.2 Å². The second kappa shape index (κ2) is 7.83. The topological polar surface area (TPSA) is 96.8 Å². The molecule has 0 bridgehead atoms. The Morgan fingerprint density at radius 3 is 2.57 bits per heavy atom. The number of aliphatic hydroxyl groups excluding tert-OH is 1. The normalized spacial score (nSPS) is 12.1. The summed E-state index contributed by atoms with van der Waals surface area (Å²) in [5, 5.41) is 9.15. The monoisotopic (exact) mass is 336 g/mol. The zero-order chi connectivity index (χ0) is 16.0. The molecule has 0 unspecified atom stereocenters. The quantitative estimate of drug-likeness (QED) is 0.714. The highest BCUT2D eigenvalue weighted by molar-refractivity contribution is 7.91. The third-order valence-corrected chi connectivity index (χ3v) is 6.43. The molecular formula is C12H20N2O5S2. The second-order valence-corrected chi connectivity index (χ2v) is 7.23. The van der Waals surface area contributed by atoms with Crippen molar-refractivity contribution < 1.29 is 23.1 Å². The maximum absolute atomic E-state index is 12.8. The molecule has 0 saturated carbocycles. The van der Waals surface area contributed by atoms with Gasteiger partial charge in [-0.05, 0) is 12.8 Å². The highest BCUT2D eigenvalue weighted by Gasteiger charge is 2.34. The number of esters is 1. The number of methoxy groups -OCH3 is 1. The first-order chi connectivity index (χ1) is 9.93. The van der Waals surface area contributed by atoms with E-state index in [9.17, 15) is 13.2 Å². The standard InChI is InChI=1S/C12H20N2O5S2/c1-4-9(5-2)14(6-7-15)21(17,18)12-10(11(16)19-3)13-8-20-12/h8-9,15H,4-7H2,1-3H3. The van der Waals surface area contributed by atoms with Crippen LogP contribution in [0.5, 0.6) is 0 Å². The van der Waals surface area contributed by atoms with Crippen molar-refractivity contribution in [2.24, 2.45) is 0 Å². The first-order valence-corrected chi connectivity index (χ1v) is 8.90. The van der Waals surface area contributed by atoms with Gasteiger partial charge in [-0.1, -0.05) is 13.8 Å². The lowest BCUT2D eigenvalue weighted by atomic mass is 10.2. The van der Waals surface area contributed by atoms with Crippen LogP contribution in [-0.4, -0.2) is 55.1 Å². The van der Waals surface area contributed by atoms with Gasteiger partial charge in [0.05, 0.1) is 19.2 Å². The molecule has 120 valence electrons. The number of hydrogen-bond donors (Lipinski definition) is 1. The minimum atomic E-state index is -3.90. The number of nitrogens with zero attached hydrogens (tertiary/aromatic N) is 2. The van der Waals surface area contributed by atoms with Gasteiger partial charge in [-0.2, -0.15) is 4.31 Å². The lowest BCUT2D eigenvalue weighted by Crippen LogP contribution is -2.41. The number of aromatic nitrogens is 1. The van der Waals surface area contributed by atoms with Crippen LogP contribution in [0, 0.1) is 0 Å². The summed E-state index contributed by atoms with van der Waals surface area (Å²) in [6.45, 7) is 3.44. The van der Waals surface area contributed by atoms with Gasteiger partial charge in [-0.25, -0.2) is 18.2 Å². The van der Waals surface area contributed by atoms with Crippen LogP contribution >= 0.6 is 11.3 Å². The van der Waals surface area contributed by atoms with E-state index in [1.54, 1.807) is 0 Å². The summed E-state index contributed by atoms with van der Waals surface area (Å²) < 4.78 is 31.2. The molecule has 1 N–H and O–H groups in total. The predicted molar refractivity (Wildman–Crippen MR) is 78.8 cm³/mol. The van der Waals surface area contributed by atoms with Gasteiger partial charge in [0.25, 0.3) is 10.0 Å². The van der Waals surface area contributed by atoms with Crippen LogP contribution in [-0.2, 0) is 14.8 Å². The average Bonchev–Trinajstić information content (AvgIpc) is 2.97. The summed E-state index contributed by atoms with van der Waals surface area (Å²) in [6.07, 6.45) is 1.23. The van der Waals surface area contributed by atoms with Crippen LogP contribution < -0.4 is 0 Å². The van der Waals surface area contributed by atoms with Gasteiger partial charge in [-0.15, -0.1) is 11.3 Å². The maximum atomic E-state index is 12.8. The molecule has 7 nitrogen and oxygen atoms in total. The maximum Gasteiger partial charge on any atom is 0.358 e. The van der Waals surface area contributed by atoms with Crippen molar-refractivity contribution in [2.45, 2.75) is 36.9 Å². The lowest BCUT2D eigenvalue weighted by Gasteiger charge is -2.28. The van der Waals surface area contributed by atoms with Gasteiger partial charge in [0.2, 0.25) is 0 Å². The van der Waals surface area contributed by atoms with Gasteiger partial charge in [-0.3, -0.25) is 0 Å². The van der Waals surface area contributed by atoms with Crippen molar-refractivity contribution in [2.75, 3.05) is 20.3 Å². The van der Waals surface area contributed by atoms with Crippen molar-refractivity contribution in [3.63, 3.8) is 0 Å². The minimum absolute atomic E-state index is 0.0206. The fourth-order valence-electron chi connectivity index (χ4n) is 2.05. The third-order valence-electron chi connectivity index (χ3n) is 3.13. The Morgan fingerprint density at radius 2 is 2.10 bits per heavy atom. The van der Waals surface area contributed by atoms with E-state index in [1.807, 2.05) is 13.8 Å². The molecule has 1 heterocycles. The van der Waals surface area contributed by atoms with E-state index >= 15 is 0 Å². The van der Waals surface area contributed by atoms with E-state index in [2.05, 4.69) is 9.72 Å². The van der Waals surface area contributed by atoms with Crippen molar-refractivity contribution in [1.29, 1.82) is 0 Å². The zero-order valence-electron chi connectivity index (χ0n) is 12.3. The summed E-state index contributed by atoms with van der Waals surface area (Å²) in [5.41, 5.74) is 1.08. The Kier molecular flexibility index (Phi) is 6.72. The number of thiazole rings is 1. The van der Waals surface area contributed by atoms with Crippen LogP contribution in [0.3, 0.4) is 0 Å². The molecule has 0 spiro atoms. The van der Waals surface area contributed by atoms with Gasteiger partial charge in [0.15, 0.2) is 9.90 Å². The summed E-state index contributed by atoms with van der Waals surface area (Å²) in [4.78, 5) is 15.4. The minimum Gasteiger partial charge on any atom is -0.464 e. The Balaban J connectivity index is 3.30. The molecule has 0 aliphatic carbocycles. The molecule has 0 radical (unpaired) electrons. The molecule has 1 aromatic heterocycles. The molecule has 1 aromatic rings. The van der Waals surface area contributed by atoms with E-state index in [-0.39, 0.29) is 29.1 Å². The number of carbonyl (C=O) groups is 1. The lowest BCUT2D eigenvalue weighted by molar-refractivity contribution is 0.0590. The highest BCUT2D eigenvalue weighted by atomic mass is 32.2. The first kappa shape index (κ1) is 18.0. The van der Waals surface area contributed by atoms with Crippen molar-refractivity contribution >= 4 is 27.3 Å². The largest absolute Gasteiger partial charge is 0.464 e. The number of rotatable bonds is 8. The SMILES string of the molecule is CCC(CC)N(CCO)S(=O)(=O)c1scnc1C(=O)OC. The Morgan fingerprint density at radius 1 is 1.48 bits per heavy atom. The fourth-order valence-corrected chi connectivity index (χ4v) is 5.06. The molecule has 0 atom stereocenters. The zero-order valence-corrected chi connectivity index (χ0v) is 13.9. The summed E-state index contributed by atoms with van der Waals surface area (Å²) in [5.74, 6) is -0.789. The smallest absolute Gasteiger partial charge is 0.358 e. The highest BCUT2D eigenvalue weighted by Crippen LogP contribution is 2.27. The van der Waals surface area contributed by atoms with Gasteiger partial charge < -0.3 is 9.84 Å². The van der Waals surface area contributed by atoms with Gasteiger partial charge >= 0.3 is 5.97 Å². The second-order valence-electron chi connectivity index (χ2n) is 4.29. The molecule has 1 rings (SSSR count). The van der Waals surface area contributed by atoms with Crippen LogP contribution in [0.4, 0.5) is 0 Å². The Hall–Kier alpha value is -1.03. The Bertz CT molecular complexity index is 566. The number of ether oxygens (including phenoxy) is 1. The molecule has 0 aliphatic rings. The molecule has 0 fully saturated rings. The number of sulfonamides is 1. The predicted octanol–water partition coefficient (Wildman–Crippen LogP) is 1.10. The molecule has 21 heavy (non-hydrogen) atoms. The van der Waals surface area contributed by atoms with Crippen LogP contribution in [0.15, 0.2) is 9.72 Å². The Labute approximate surface area is 128 Å². The summed E-state index contributed by atoms with van der Waals surface area (Å²) in [7, 11) is -2.73. The first-order valence-electron chi connectivity index (χ1n) is 6.58. The summed E-state index contributed by atoms with van der Waals surface area (Å²) in [6, 6.07) is -0.241. The number of carbonyl (C=O) groups excluding carboxylic acids is 1. The number of aliphatic hydroxyl groups is 1. The molecular weight excluding hydrogens is 316 g/mol. The van der Waals surface area contributed by atoms with Gasteiger partial charge in [0.1, 0.15) is 0 Å². The average molecular weight is 336 g/mol. The third kappa shape index (κ3) is 3.79. The van der Waals surface area contributed by atoms with E-state index in [0.29, 0.717) is 12.8 Å². The molecule has 0 aromatic carbocycles. The molecule has 0 aliphatic heterocycles. The molecule has 0 amide bonds. The van der Waals surface area contributed by atoms with Crippen LogP contribution in [0.1, 0.15) is 37.2 Å². The molecule has 0 saturated heterocycles. The van der Waals surface area contributed by atoms with Crippen molar-refractivity contribution in [3.8, 4) is 0 Å². The molecule has 9 heteroatoms. The van der Waals surface area contributed by atoms with E-state index in [4.69, 9.17) is 5.11 Å². The van der Waals surface area contributed by atoms with E-state index < -0.39 is 16.0 Å². The van der Waals surface area contributed by atoms with Gasteiger partial charge in [0, 0.05) is 12.6 Å². The van der Waals surface area contributed by atoms with E-state index in [0.717, 1.165) is 11.3 Å². The number of hydrogen-bond acceptors (Lipinski definition) is 7. The van der Waals surface area contributed by atoms with Crippen LogP contribution in [0.25, 0.3) is 0 Å².